The highest BCUT2D eigenvalue weighted by atomic mass is 19.1. The van der Waals surface area contributed by atoms with Gasteiger partial charge < -0.3 is 10.3 Å². The fourth-order valence-corrected chi connectivity index (χ4v) is 2.05. The molecule has 20 heavy (non-hydrogen) atoms. The molecule has 0 unspecified atom stereocenters. The summed E-state index contributed by atoms with van der Waals surface area (Å²) in [6.45, 7) is 1.82. The number of nitrogen functional groups attached to an aromatic ring is 1. The van der Waals surface area contributed by atoms with Gasteiger partial charge in [0.1, 0.15) is 5.82 Å². The number of aromatic nitrogens is 2. The first-order chi connectivity index (χ1) is 9.66. The largest absolute Gasteiger partial charge is 0.380 e. The molecule has 0 saturated carbocycles. The van der Waals surface area contributed by atoms with E-state index in [4.69, 9.17) is 10.3 Å². The highest BCUT2D eigenvalue weighted by Gasteiger charge is 2.20. The number of rotatable bonds is 2. The zero-order valence-corrected chi connectivity index (χ0v) is 10.8. The second kappa shape index (κ2) is 4.77. The topological polar surface area (TPSA) is 64.9 Å². The average molecular weight is 269 g/mol. The second-order valence-electron chi connectivity index (χ2n) is 4.47. The van der Waals surface area contributed by atoms with Gasteiger partial charge in [0.15, 0.2) is 11.6 Å². The summed E-state index contributed by atoms with van der Waals surface area (Å²) in [5, 5.41) is 3.73. The van der Waals surface area contributed by atoms with Crippen LogP contribution in [-0.4, -0.2) is 10.1 Å². The van der Waals surface area contributed by atoms with Crippen molar-refractivity contribution >= 4 is 5.82 Å². The van der Waals surface area contributed by atoms with Crippen LogP contribution in [0.15, 0.2) is 47.1 Å². The molecule has 0 bridgehead atoms. The van der Waals surface area contributed by atoms with Crippen molar-refractivity contribution in [1.82, 2.24) is 10.1 Å². The molecule has 2 aromatic heterocycles. The molecule has 0 aliphatic heterocycles. The maximum atomic E-state index is 14.1. The summed E-state index contributed by atoms with van der Waals surface area (Å²) in [6.07, 6.45) is 1.64. The second-order valence-corrected chi connectivity index (χ2v) is 4.47. The number of halogens is 1. The number of nitrogens with zero attached hydrogens (tertiary/aromatic N) is 2. The maximum absolute atomic E-state index is 14.1. The van der Waals surface area contributed by atoms with Gasteiger partial charge in [0, 0.05) is 6.20 Å². The third-order valence-electron chi connectivity index (χ3n) is 3.01. The van der Waals surface area contributed by atoms with Crippen LogP contribution in [0.2, 0.25) is 0 Å². The Morgan fingerprint density at radius 1 is 1.20 bits per heavy atom. The minimum absolute atomic E-state index is 0.193. The summed E-state index contributed by atoms with van der Waals surface area (Å²) in [5.74, 6) is 0.107. The van der Waals surface area contributed by atoms with Gasteiger partial charge in [0.05, 0.1) is 16.8 Å². The van der Waals surface area contributed by atoms with Crippen LogP contribution in [0.5, 0.6) is 0 Å². The summed E-state index contributed by atoms with van der Waals surface area (Å²) in [6, 6.07) is 10.3. The van der Waals surface area contributed by atoms with E-state index in [1.54, 1.807) is 30.5 Å². The third-order valence-corrected chi connectivity index (χ3v) is 3.01. The van der Waals surface area contributed by atoms with Gasteiger partial charge >= 0.3 is 0 Å². The molecule has 0 radical (unpaired) electrons. The van der Waals surface area contributed by atoms with Gasteiger partial charge in [-0.05, 0) is 36.8 Å². The maximum Gasteiger partial charge on any atom is 0.181 e. The molecule has 0 saturated heterocycles. The van der Waals surface area contributed by atoms with Gasteiger partial charge in [-0.3, -0.25) is 4.98 Å². The SMILES string of the molecule is Cc1ccc(-c2onc(N)c2-c2ccccn2)c(F)c1. The van der Waals surface area contributed by atoms with E-state index in [9.17, 15) is 4.39 Å². The van der Waals surface area contributed by atoms with Crippen molar-refractivity contribution in [3.8, 4) is 22.6 Å². The monoisotopic (exact) mass is 269 g/mol. The lowest BCUT2D eigenvalue weighted by Crippen LogP contribution is -1.92. The lowest BCUT2D eigenvalue weighted by atomic mass is 10.0. The Morgan fingerprint density at radius 2 is 2.05 bits per heavy atom. The third kappa shape index (κ3) is 2.03. The smallest absolute Gasteiger partial charge is 0.181 e. The van der Waals surface area contributed by atoms with Crippen LogP contribution in [0.25, 0.3) is 22.6 Å². The summed E-state index contributed by atoms with van der Waals surface area (Å²) in [7, 11) is 0. The van der Waals surface area contributed by atoms with E-state index < -0.39 is 0 Å². The number of anilines is 1. The molecule has 1 aromatic carbocycles. The molecule has 3 rings (SSSR count). The van der Waals surface area contributed by atoms with E-state index in [0.29, 0.717) is 22.6 Å². The minimum Gasteiger partial charge on any atom is -0.380 e. The van der Waals surface area contributed by atoms with Crippen LogP contribution in [0, 0.1) is 12.7 Å². The van der Waals surface area contributed by atoms with E-state index >= 15 is 0 Å². The van der Waals surface area contributed by atoms with E-state index in [0.717, 1.165) is 5.56 Å². The molecule has 3 aromatic rings. The van der Waals surface area contributed by atoms with Crippen molar-refractivity contribution in [3.63, 3.8) is 0 Å². The zero-order valence-electron chi connectivity index (χ0n) is 10.8. The molecule has 5 heteroatoms. The Kier molecular flexibility index (Phi) is 2.95. The molecular formula is C15H12FN3O. The Hall–Kier alpha value is -2.69. The first-order valence-corrected chi connectivity index (χ1v) is 6.10. The first kappa shape index (κ1) is 12.3. The summed E-state index contributed by atoms with van der Waals surface area (Å²) in [5.41, 5.74) is 8.08. The first-order valence-electron chi connectivity index (χ1n) is 6.10. The van der Waals surface area contributed by atoms with E-state index in [2.05, 4.69) is 10.1 Å². The zero-order chi connectivity index (χ0) is 14.1. The van der Waals surface area contributed by atoms with Gasteiger partial charge in [-0.1, -0.05) is 17.3 Å². The molecule has 2 N–H and O–H groups in total. The van der Waals surface area contributed by atoms with Crippen LogP contribution < -0.4 is 5.73 Å². The molecule has 2 heterocycles. The number of nitrogens with two attached hydrogens (primary N) is 1. The van der Waals surface area contributed by atoms with Crippen LogP contribution >= 0.6 is 0 Å². The van der Waals surface area contributed by atoms with Crippen molar-refractivity contribution in [2.75, 3.05) is 5.73 Å². The quantitative estimate of drug-likeness (QED) is 0.774. The Morgan fingerprint density at radius 3 is 2.75 bits per heavy atom. The van der Waals surface area contributed by atoms with Gasteiger partial charge in [0.2, 0.25) is 0 Å². The number of hydrogen-bond donors (Lipinski definition) is 1. The molecule has 0 aliphatic rings. The standard InChI is InChI=1S/C15H12FN3O/c1-9-5-6-10(11(16)8-9)14-13(15(17)19-20-14)12-4-2-3-7-18-12/h2-8H,1H3,(H2,17,19). The van der Waals surface area contributed by atoms with Gasteiger partial charge in [-0.2, -0.15) is 0 Å². The number of hydrogen-bond acceptors (Lipinski definition) is 4. The van der Waals surface area contributed by atoms with Crippen LogP contribution in [0.1, 0.15) is 5.56 Å². The van der Waals surface area contributed by atoms with E-state index in [-0.39, 0.29) is 11.6 Å². The highest BCUT2D eigenvalue weighted by Crippen LogP contribution is 2.36. The van der Waals surface area contributed by atoms with Gasteiger partial charge in [0.25, 0.3) is 0 Å². The normalized spacial score (nSPS) is 10.7. The molecule has 0 amide bonds. The minimum atomic E-state index is -0.377. The van der Waals surface area contributed by atoms with Gasteiger partial charge in [-0.25, -0.2) is 4.39 Å². The molecule has 0 spiro atoms. The average Bonchev–Trinajstić information content (AvgIpc) is 2.81. The Bertz CT molecular complexity index is 753. The lowest BCUT2D eigenvalue weighted by Gasteiger charge is -2.04. The van der Waals surface area contributed by atoms with Crippen molar-refractivity contribution < 1.29 is 8.91 Å². The van der Waals surface area contributed by atoms with Crippen molar-refractivity contribution in [2.24, 2.45) is 0 Å². The summed E-state index contributed by atoms with van der Waals surface area (Å²) in [4.78, 5) is 4.21. The molecule has 0 aliphatic carbocycles. The predicted molar refractivity (Wildman–Crippen MR) is 74.3 cm³/mol. The fraction of sp³-hybridized carbons (Fsp3) is 0.0667. The molecule has 4 nitrogen and oxygen atoms in total. The number of aryl methyl sites for hydroxylation is 1. The molecular weight excluding hydrogens is 257 g/mol. The van der Waals surface area contributed by atoms with Crippen molar-refractivity contribution in [1.29, 1.82) is 0 Å². The van der Waals surface area contributed by atoms with Crippen LogP contribution in [0.4, 0.5) is 10.2 Å². The van der Waals surface area contributed by atoms with Crippen LogP contribution in [-0.2, 0) is 0 Å². The predicted octanol–water partition coefficient (Wildman–Crippen LogP) is 3.43. The Labute approximate surface area is 115 Å². The van der Waals surface area contributed by atoms with Crippen molar-refractivity contribution in [3.05, 3.63) is 54.0 Å². The van der Waals surface area contributed by atoms with Crippen molar-refractivity contribution in [2.45, 2.75) is 6.92 Å². The molecule has 0 atom stereocenters. The highest BCUT2D eigenvalue weighted by molar-refractivity contribution is 5.84. The number of benzene rings is 1. The van der Waals surface area contributed by atoms with E-state index in [1.807, 2.05) is 13.0 Å². The lowest BCUT2D eigenvalue weighted by molar-refractivity contribution is 0.433. The fourth-order valence-electron chi connectivity index (χ4n) is 2.05. The summed E-state index contributed by atoms with van der Waals surface area (Å²) >= 11 is 0. The van der Waals surface area contributed by atoms with E-state index in [1.165, 1.54) is 6.07 Å². The molecule has 100 valence electrons. The Balaban J connectivity index is 2.21. The van der Waals surface area contributed by atoms with Crippen LogP contribution in [0.3, 0.4) is 0 Å². The van der Waals surface area contributed by atoms with Gasteiger partial charge in [-0.15, -0.1) is 0 Å². The molecule has 0 fully saturated rings. The number of pyridine rings is 1. The summed E-state index contributed by atoms with van der Waals surface area (Å²) < 4.78 is 19.3.